The summed E-state index contributed by atoms with van der Waals surface area (Å²) < 4.78 is 0. The Balaban J connectivity index is 1.88. The Hall–Kier alpha value is -0.0800. The van der Waals surface area contributed by atoms with Gasteiger partial charge in [-0.15, -0.1) is 0 Å². The van der Waals surface area contributed by atoms with Crippen LogP contribution in [0.25, 0.3) is 0 Å². The van der Waals surface area contributed by atoms with E-state index in [1.165, 1.54) is 58.0 Å². The van der Waals surface area contributed by atoms with E-state index in [9.17, 15) is 0 Å². The van der Waals surface area contributed by atoms with E-state index in [0.29, 0.717) is 5.41 Å². The lowest BCUT2D eigenvalue weighted by Gasteiger charge is -2.37. The summed E-state index contributed by atoms with van der Waals surface area (Å²) in [5.41, 5.74) is 0.496. The van der Waals surface area contributed by atoms with Gasteiger partial charge in [0, 0.05) is 12.1 Å². The molecule has 2 rings (SSSR count). The normalized spacial score (nSPS) is 35.1. The average molecular weight is 266 g/mol. The highest BCUT2D eigenvalue weighted by Crippen LogP contribution is 2.35. The summed E-state index contributed by atoms with van der Waals surface area (Å²) in [4.78, 5) is 2.81. The van der Waals surface area contributed by atoms with E-state index in [1.54, 1.807) is 0 Å². The third kappa shape index (κ3) is 4.19. The fourth-order valence-corrected chi connectivity index (χ4v) is 4.11. The Morgan fingerprint density at radius 1 is 0.947 bits per heavy atom. The summed E-state index contributed by atoms with van der Waals surface area (Å²) in [5, 5.41) is 3.49. The molecule has 2 aliphatic rings. The van der Waals surface area contributed by atoms with Crippen LogP contribution < -0.4 is 5.32 Å². The Morgan fingerprint density at radius 3 is 2.42 bits per heavy atom. The molecule has 0 bridgehead atoms. The van der Waals surface area contributed by atoms with E-state index < -0.39 is 0 Å². The van der Waals surface area contributed by atoms with Crippen molar-refractivity contribution in [2.24, 2.45) is 11.3 Å². The molecule has 0 amide bonds. The summed E-state index contributed by atoms with van der Waals surface area (Å²) in [5.74, 6) is 0.918. The molecule has 1 saturated heterocycles. The standard InChI is InChI=1S/C17H34N2/c1-17(2,3)14-7-6-11-19(12-10-14)16-9-5-8-15(13-16)18-4/h14-16,18H,5-13H2,1-4H3. The van der Waals surface area contributed by atoms with Gasteiger partial charge in [-0.1, -0.05) is 27.2 Å². The van der Waals surface area contributed by atoms with Crippen LogP contribution in [0, 0.1) is 11.3 Å². The third-order valence-electron chi connectivity index (χ3n) is 5.56. The van der Waals surface area contributed by atoms with Crippen molar-refractivity contribution < 1.29 is 0 Å². The number of nitrogens with zero attached hydrogens (tertiary/aromatic N) is 1. The second-order valence-electron chi connectivity index (χ2n) is 7.84. The summed E-state index contributed by atoms with van der Waals surface area (Å²) >= 11 is 0. The maximum atomic E-state index is 3.49. The first-order chi connectivity index (χ1) is 9.00. The highest BCUT2D eigenvalue weighted by atomic mass is 15.2. The Labute approximate surface area is 120 Å². The molecule has 0 aromatic heterocycles. The molecule has 2 fully saturated rings. The van der Waals surface area contributed by atoms with Gasteiger partial charge in [-0.25, -0.2) is 0 Å². The van der Waals surface area contributed by atoms with Crippen LogP contribution in [0.4, 0.5) is 0 Å². The second-order valence-corrected chi connectivity index (χ2v) is 7.84. The minimum absolute atomic E-state index is 0.496. The Kier molecular flexibility index (Phi) is 5.30. The van der Waals surface area contributed by atoms with Crippen LogP contribution in [0.2, 0.25) is 0 Å². The van der Waals surface area contributed by atoms with Gasteiger partial charge in [-0.3, -0.25) is 0 Å². The van der Waals surface area contributed by atoms with Gasteiger partial charge in [0.1, 0.15) is 0 Å². The molecule has 0 aromatic rings. The molecule has 19 heavy (non-hydrogen) atoms. The number of hydrogen-bond acceptors (Lipinski definition) is 2. The van der Waals surface area contributed by atoms with Crippen LogP contribution in [0.5, 0.6) is 0 Å². The van der Waals surface area contributed by atoms with Crippen LogP contribution in [-0.4, -0.2) is 37.1 Å². The van der Waals surface area contributed by atoms with Crippen molar-refractivity contribution in [1.29, 1.82) is 0 Å². The smallest absolute Gasteiger partial charge is 0.0110 e. The molecule has 1 aliphatic carbocycles. The minimum atomic E-state index is 0.496. The molecule has 3 atom stereocenters. The van der Waals surface area contributed by atoms with Crippen molar-refractivity contribution in [3.63, 3.8) is 0 Å². The van der Waals surface area contributed by atoms with Crippen molar-refractivity contribution in [2.75, 3.05) is 20.1 Å². The van der Waals surface area contributed by atoms with E-state index in [2.05, 4.69) is 38.0 Å². The zero-order chi connectivity index (χ0) is 13.9. The zero-order valence-electron chi connectivity index (χ0n) is 13.5. The SMILES string of the molecule is CNC1CCCC(N2CCCC(C(C)(C)C)CC2)C1. The molecular weight excluding hydrogens is 232 g/mol. The van der Waals surface area contributed by atoms with Gasteiger partial charge in [0.2, 0.25) is 0 Å². The molecule has 1 N–H and O–H groups in total. The maximum Gasteiger partial charge on any atom is 0.0110 e. The van der Waals surface area contributed by atoms with Crippen LogP contribution in [0.15, 0.2) is 0 Å². The molecule has 0 aromatic carbocycles. The molecule has 3 unspecified atom stereocenters. The van der Waals surface area contributed by atoms with E-state index in [0.717, 1.165) is 18.0 Å². The van der Waals surface area contributed by atoms with Crippen LogP contribution >= 0.6 is 0 Å². The highest BCUT2D eigenvalue weighted by Gasteiger charge is 2.31. The van der Waals surface area contributed by atoms with Crippen molar-refractivity contribution in [3.8, 4) is 0 Å². The molecule has 1 aliphatic heterocycles. The van der Waals surface area contributed by atoms with E-state index >= 15 is 0 Å². The first-order valence-corrected chi connectivity index (χ1v) is 8.42. The van der Waals surface area contributed by atoms with Gasteiger partial charge in [0.25, 0.3) is 0 Å². The van der Waals surface area contributed by atoms with Crippen molar-refractivity contribution in [1.82, 2.24) is 10.2 Å². The summed E-state index contributed by atoms with van der Waals surface area (Å²) in [6.45, 7) is 9.94. The largest absolute Gasteiger partial charge is 0.317 e. The molecule has 0 spiro atoms. The predicted octanol–water partition coefficient (Wildman–Crippen LogP) is 3.67. The van der Waals surface area contributed by atoms with Gasteiger partial charge >= 0.3 is 0 Å². The molecular formula is C17H34N2. The van der Waals surface area contributed by atoms with Crippen LogP contribution in [0.1, 0.15) is 65.7 Å². The van der Waals surface area contributed by atoms with Gasteiger partial charge in [-0.05, 0) is 70.0 Å². The van der Waals surface area contributed by atoms with E-state index in [4.69, 9.17) is 0 Å². The summed E-state index contributed by atoms with van der Waals surface area (Å²) in [6, 6.07) is 1.62. The van der Waals surface area contributed by atoms with E-state index in [-0.39, 0.29) is 0 Å². The topological polar surface area (TPSA) is 15.3 Å². The summed E-state index contributed by atoms with van der Waals surface area (Å²) in [6.07, 6.45) is 9.84. The van der Waals surface area contributed by atoms with Crippen molar-refractivity contribution in [3.05, 3.63) is 0 Å². The number of rotatable bonds is 2. The quantitative estimate of drug-likeness (QED) is 0.820. The fraction of sp³-hybridized carbons (Fsp3) is 1.00. The fourth-order valence-electron chi connectivity index (χ4n) is 4.11. The molecule has 112 valence electrons. The number of nitrogens with one attached hydrogen (secondary N) is 1. The lowest BCUT2D eigenvalue weighted by Crippen LogP contribution is -2.44. The van der Waals surface area contributed by atoms with Gasteiger partial charge in [-0.2, -0.15) is 0 Å². The minimum Gasteiger partial charge on any atom is -0.317 e. The average Bonchev–Trinajstić information content (AvgIpc) is 2.64. The van der Waals surface area contributed by atoms with Gasteiger partial charge < -0.3 is 10.2 Å². The van der Waals surface area contributed by atoms with Gasteiger partial charge in [0.15, 0.2) is 0 Å². The summed E-state index contributed by atoms with van der Waals surface area (Å²) in [7, 11) is 2.13. The maximum absolute atomic E-state index is 3.49. The number of likely N-dealkylation sites (tertiary alicyclic amines) is 1. The third-order valence-corrected chi connectivity index (χ3v) is 5.56. The molecule has 1 heterocycles. The first-order valence-electron chi connectivity index (χ1n) is 8.42. The lowest BCUT2D eigenvalue weighted by molar-refractivity contribution is 0.138. The lowest BCUT2D eigenvalue weighted by atomic mass is 9.77. The van der Waals surface area contributed by atoms with Gasteiger partial charge in [0.05, 0.1) is 0 Å². The second kappa shape index (κ2) is 6.58. The highest BCUT2D eigenvalue weighted by molar-refractivity contribution is 4.86. The molecule has 2 nitrogen and oxygen atoms in total. The predicted molar refractivity (Wildman–Crippen MR) is 83.5 cm³/mol. The van der Waals surface area contributed by atoms with Crippen molar-refractivity contribution in [2.45, 2.75) is 77.8 Å². The van der Waals surface area contributed by atoms with Crippen molar-refractivity contribution >= 4 is 0 Å². The van der Waals surface area contributed by atoms with Crippen LogP contribution in [0.3, 0.4) is 0 Å². The first kappa shape index (κ1) is 15.3. The zero-order valence-corrected chi connectivity index (χ0v) is 13.5. The molecule has 1 saturated carbocycles. The van der Waals surface area contributed by atoms with Crippen LogP contribution in [-0.2, 0) is 0 Å². The number of hydrogen-bond donors (Lipinski definition) is 1. The Morgan fingerprint density at radius 2 is 1.74 bits per heavy atom. The molecule has 0 radical (unpaired) electrons. The molecule has 2 heteroatoms. The Bertz CT molecular complexity index is 269. The monoisotopic (exact) mass is 266 g/mol. The van der Waals surface area contributed by atoms with E-state index in [1.807, 2.05) is 0 Å².